The minimum absolute atomic E-state index is 0.0433. The summed E-state index contributed by atoms with van der Waals surface area (Å²) in [6.45, 7) is 2.11. The van der Waals surface area contributed by atoms with Gasteiger partial charge in [-0.2, -0.15) is 0 Å². The summed E-state index contributed by atoms with van der Waals surface area (Å²) in [5, 5.41) is 2.44. The van der Waals surface area contributed by atoms with Gasteiger partial charge >= 0.3 is 0 Å². The third kappa shape index (κ3) is 2.65. The molecule has 3 N–H and O–H groups in total. The maximum Gasteiger partial charge on any atom is 0.0802 e. The van der Waals surface area contributed by atoms with Gasteiger partial charge in [0, 0.05) is 14.2 Å². The van der Waals surface area contributed by atoms with Gasteiger partial charge < -0.3 is 0 Å². The van der Waals surface area contributed by atoms with E-state index in [0.29, 0.717) is 0 Å². The van der Waals surface area contributed by atoms with Gasteiger partial charge in [0.15, 0.2) is 0 Å². The van der Waals surface area contributed by atoms with Crippen LogP contribution in [0.25, 0.3) is 10.8 Å². The standard InChI is InChI=1S/C16H15BrN2S/c1-10-2-7-15(20-10)16(19-18)13-4-3-12-9-14(17)6-5-11(12)8-13/h2-9,16,19H,18H2,1H3. The van der Waals surface area contributed by atoms with Gasteiger partial charge in [-0.1, -0.05) is 34.1 Å². The van der Waals surface area contributed by atoms with Gasteiger partial charge in [0.1, 0.15) is 0 Å². The summed E-state index contributed by atoms with van der Waals surface area (Å²) in [6, 6.07) is 17.1. The lowest BCUT2D eigenvalue weighted by Gasteiger charge is -2.15. The highest BCUT2D eigenvalue weighted by Crippen LogP contribution is 2.30. The first-order chi connectivity index (χ1) is 9.67. The van der Waals surface area contributed by atoms with Crippen LogP contribution in [0.1, 0.15) is 21.4 Å². The molecule has 2 aromatic carbocycles. The first-order valence-electron chi connectivity index (χ1n) is 6.39. The van der Waals surface area contributed by atoms with Crippen molar-refractivity contribution in [1.29, 1.82) is 0 Å². The Morgan fingerprint density at radius 3 is 2.50 bits per heavy atom. The summed E-state index contributed by atoms with van der Waals surface area (Å²) in [5.74, 6) is 5.76. The monoisotopic (exact) mass is 346 g/mol. The van der Waals surface area contributed by atoms with E-state index >= 15 is 0 Å². The lowest BCUT2D eigenvalue weighted by Crippen LogP contribution is -2.28. The first-order valence-corrected chi connectivity index (χ1v) is 8.00. The topological polar surface area (TPSA) is 38.0 Å². The SMILES string of the molecule is Cc1ccc(C(NN)c2ccc3cc(Br)ccc3c2)s1. The van der Waals surface area contributed by atoms with E-state index in [2.05, 4.69) is 76.8 Å². The minimum Gasteiger partial charge on any atom is -0.271 e. The highest BCUT2D eigenvalue weighted by Gasteiger charge is 2.14. The van der Waals surface area contributed by atoms with Crippen molar-refractivity contribution in [2.75, 3.05) is 0 Å². The largest absolute Gasteiger partial charge is 0.271 e. The van der Waals surface area contributed by atoms with Crippen molar-refractivity contribution < 1.29 is 0 Å². The summed E-state index contributed by atoms with van der Waals surface area (Å²) >= 11 is 5.28. The number of aryl methyl sites for hydroxylation is 1. The van der Waals surface area contributed by atoms with Crippen LogP contribution in [0.5, 0.6) is 0 Å². The van der Waals surface area contributed by atoms with E-state index in [4.69, 9.17) is 5.84 Å². The molecular formula is C16H15BrN2S. The first kappa shape index (κ1) is 13.8. The number of hydrogen-bond acceptors (Lipinski definition) is 3. The molecule has 0 saturated heterocycles. The van der Waals surface area contributed by atoms with Crippen LogP contribution in [-0.4, -0.2) is 0 Å². The van der Waals surface area contributed by atoms with Crippen molar-refractivity contribution in [2.45, 2.75) is 13.0 Å². The number of nitrogens with two attached hydrogens (primary N) is 1. The molecule has 1 aromatic heterocycles. The molecule has 1 atom stereocenters. The molecule has 0 spiro atoms. The number of benzene rings is 2. The van der Waals surface area contributed by atoms with Crippen LogP contribution < -0.4 is 11.3 Å². The number of nitrogens with one attached hydrogen (secondary N) is 1. The van der Waals surface area contributed by atoms with E-state index < -0.39 is 0 Å². The maximum atomic E-state index is 5.76. The molecule has 0 fully saturated rings. The number of thiophene rings is 1. The van der Waals surface area contributed by atoms with E-state index in [-0.39, 0.29) is 6.04 Å². The quantitative estimate of drug-likeness (QED) is 0.540. The minimum atomic E-state index is 0.0433. The fourth-order valence-corrected chi connectivity index (χ4v) is 3.71. The molecule has 20 heavy (non-hydrogen) atoms. The molecular weight excluding hydrogens is 332 g/mol. The second-order valence-corrected chi connectivity index (χ2v) is 7.03. The molecule has 0 saturated carbocycles. The predicted octanol–water partition coefficient (Wildman–Crippen LogP) is 4.52. The summed E-state index contributed by atoms with van der Waals surface area (Å²) in [4.78, 5) is 2.53. The Hall–Kier alpha value is -1.20. The molecule has 1 heterocycles. The fourth-order valence-electron chi connectivity index (χ4n) is 2.37. The number of fused-ring (bicyclic) bond motifs is 1. The van der Waals surface area contributed by atoms with Crippen molar-refractivity contribution in [1.82, 2.24) is 5.43 Å². The Morgan fingerprint density at radius 2 is 1.80 bits per heavy atom. The van der Waals surface area contributed by atoms with Crippen LogP contribution in [0.2, 0.25) is 0 Å². The molecule has 0 aliphatic carbocycles. The molecule has 3 aromatic rings. The number of hydrazine groups is 1. The van der Waals surface area contributed by atoms with Gasteiger partial charge in [-0.25, -0.2) is 5.43 Å². The van der Waals surface area contributed by atoms with Crippen molar-refractivity contribution >= 4 is 38.0 Å². The maximum absolute atomic E-state index is 5.76. The van der Waals surface area contributed by atoms with Gasteiger partial charge in [-0.3, -0.25) is 5.84 Å². The third-order valence-electron chi connectivity index (χ3n) is 3.37. The third-order valence-corrected chi connectivity index (χ3v) is 4.93. The number of halogens is 1. The normalized spacial score (nSPS) is 12.8. The van der Waals surface area contributed by atoms with Crippen molar-refractivity contribution in [3.05, 3.63) is 68.3 Å². The number of hydrogen-bond donors (Lipinski definition) is 2. The van der Waals surface area contributed by atoms with Gasteiger partial charge in [0.05, 0.1) is 6.04 Å². The van der Waals surface area contributed by atoms with Gasteiger partial charge in [0.25, 0.3) is 0 Å². The zero-order valence-corrected chi connectivity index (χ0v) is 13.5. The zero-order chi connectivity index (χ0) is 14.1. The Bertz CT molecular complexity index is 751. The van der Waals surface area contributed by atoms with Gasteiger partial charge in [0.2, 0.25) is 0 Å². The van der Waals surface area contributed by atoms with Crippen LogP contribution >= 0.6 is 27.3 Å². The van der Waals surface area contributed by atoms with Gasteiger partial charge in [-0.15, -0.1) is 11.3 Å². The molecule has 0 aliphatic heterocycles. The molecule has 3 rings (SSSR count). The highest BCUT2D eigenvalue weighted by atomic mass is 79.9. The van der Waals surface area contributed by atoms with E-state index in [9.17, 15) is 0 Å². The van der Waals surface area contributed by atoms with Crippen LogP contribution in [0, 0.1) is 6.92 Å². The molecule has 4 heteroatoms. The Labute approximate surface area is 130 Å². The smallest absolute Gasteiger partial charge is 0.0802 e. The predicted molar refractivity (Wildman–Crippen MR) is 89.9 cm³/mol. The fraction of sp³-hybridized carbons (Fsp3) is 0.125. The summed E-state index contributed by atoms with van der Waals surface area (Å²) in [7, 11) is 0. The Morgan fingerprint density at radius 1 is 1.05 bits per heavy atom. The van der Waals surface area contributed by atoms with E-state index in [0.717, 1.165) is 4.47 Å². The summed E-state index contributed by atoms with van der Waals surface area (Å²) < 4.78 is 1.10. The summed E-state index contributed by atoms with van der Waals surface area (Å²) in [5.41, 5.74) is 4.11. The van der Waals surface area contributed by atoms with Gasteiger partial charge in [-0.05, 0) is 53.6 Å². The van der Waals surface area contributed by atoms with Crippen molar-refractivity contribution in [3.8, 4) is 0 Å². The van der Waals surface area contributed by atoms with Crippen LogP contribution in [0.15, 0.2) is 53.0 Å². The lowest BCUT2D eigenvalue weighted by atomic mass is 10.0. The van der Waals surface area contributed by atoms with Crippen LogP contribution in [-0.2, 0) is 0 Å². The zero-order valence-electron chi connectivity index (χ0n) is 11.1. The molecule has 0 amide bonds. The molecule has 1 unspecified atom stereocenters. The Balaban J connectivity index is 2.05. The average Bonchev–Trinajstić information content (AvgIpc) is 2.86. The molecule has 0 aliphatic rings. The molecule has 0 bridgehead atoms. The summed E-state index contributed by atoms with van der Waals surface area (Å²) in [6.07, 6.45) is 0. The second-order valence-electron chi connectivity index (χ2n) is 4.80. The molecule has 0 radical (unpaired) electrons. The van der Waals surface area contributed by atoms with E-state index in [1.807, 2.05) is 0 Å². The second kappa shape index (κ2) is 5.66. The van der Waals surface area contributed by atoms with E-state index in [1.165, 1.54) is 26.1 Å². The Kier molecular flexibility index (Phi) is 3.89. The lowest BCUT2D eigenvalue weighted by molar-refractivity contribution is 0.647. The van der Waals surface area contributed by atoms with Crippen molar-refractivity contribution in [2.24, 2.45) is 5.84 Å². The average molecular weight is 347 g/mol. The van der Waals surface area contributed by atoms with Crippen LogP contribution in [0.4, 0.5) is 0 Å². The highest BCUT2D eigenvalue weighted by molar-refractivity contribution is 9.10. The van der Waals surface area contributed by atoms with E-state index in [1.54, 1.807) is 11.3 Å². The molecule has 2 nitrogen and oxygen atoms in total. The van der Waals surface area contributed by atoms with Crippen LogP contribution in [0.3, 0.4) is 0 Å². The van der Waals surface area contributed by atoms with Crippen molar-refractivity contribution in [3.63, 3.8) is 0 Å². The number of rotatable bonds is 3. The molecule has 102 valence electrons.